The molecular formula is C22H28N2O2. The third-order valence-corrected chi connectivity index (χ3v) is 4.54. The molecule has 1 amide bonds. The Morgan fingerprint density at radius 1 is 1.12 bits per heavy atom. The Morgan fingerprint density at radius 2 is 1.81 bits per heavy atom. The highest BCUT2D eigenvalue weighted by Crippen LogP contribution is 2.26. The molecule has 1 saturated heterocycles. The number of piperazine rings is 1. The second kappa shape index (κ2) is 7.92. The molecule has 1 heterocycles. The van der Waals surface area contributed by atoms with Gasteiger partial charge in [-0.2, -0.15) is 0 Å². The molecule has 1 atom stereocenters. The normalized spacial score (nSPS) is 17.8. The molecule has 3 rings (SSSR count). The molecule has 4 heteroatoms. The first-order valence-corrected chi connectivity index (χ1v) is 9.28. The number of ether oxygens (including phenoxy) is 1. The van der Waals surface area contributed by atoms with Crippen LogP contribution in [0, 0.1) is 0 Å². The van der Waals surface area contributed by atoms with Crippen molar-refractivity contribution in [1.82, 2.24) is 10.2 Å². The fraction of sp³-hybridized carbons (Fsp3) is 0.409. The van der Waals surface area contributed by atoms with Crippen LogP contribution in [0.2, 0.25) is 0 Å². The molecule has 2 aromatic carbocycles. The van der Waals surface area contributed by atoms with E-state index >= 15 is 0 Å². The van der Waals surface area contributed by atoms with Crippen LogP contribution in [-0.4, -0.2) is 42.3 Å². The van der Waals surface area contributed by atoms with Crippen LogP contribution in [-0.2, 0) is 11.2 Å². The van der Waals surface area contributed by atoms with Gasteiger partial charge in [0.25, 0.3) is 0 Å². The maximum absolute atomic E-state index is 12.6. The molecule has 1 aliphatic rings. The lowest BCUT2D eigenvalue weighted by Crippen LogP contribution is -2.55. The molecule has 1 aliphatic heterocycles. The Balaban J connectivity index is 1.82. The number of carbonyl (C=O) groups excluding carboxylic acids is 1. The summed E-state index contributed by atoms with van der Waals surface area (Å²) in [4.78, 5) is 14.5. The van der Waals surface area contributed by atoms with Crippen LogP contribution in [0.3, 0.4) is 0 Å². The largest absolute Gasteiger partial charge is 0.444 e. The first-order chi connectivity index (χ1) is 12.4. The lowest BCUT2D eigenvalue weighted by Gasteiger charge is -2.37. The summed E-state index contributed by atoms with van der Waals surface area (Å²) in [6.07, 6.45) is 0.582. The highest BCUT2D eigenvalue weighted by molar-refractivity contribution is 5.70. The van der Waals surface area contributed by atoms with Crippen LogP contribution in [0.25, 0.3) is 11.1 Å². The number of benzene rings is 2. The number of amides is 1. The summed E-state index contributed by atoms with van der Waals surface area (Å²) in [5.41, 5.74) is 3.20. The molecular weight excluding hydrogens is 324 g/mol. The Labute approximate surface area is 156 Å². The second-order valence-electron chi connectivity index (χ2n) is 7.76. The van der Waals surface area contributed by atoms with Crippen molar-refractivity contribution in [1.29, 1.82) is 0 Å². The highest BCUT2D eigenvalue weighted by atomic mass is 16.6. The van der Waals surface area contributed by atoms with Crippen LogP contribution in [0.15, 0.2) is 54.6 Å². The molecule has 0 aromatic heterocycles. The van der Waals surface area contributed by atoms with Gasteiger partial charge >= 0.3 is 6.09 Å². The topological polar surface area (TPSA) is 41.6 Å². The van der Waals surface area contributed by atoms with Crippen LogP contribution in [0.4, 0.5) is 4.79 Å². The molecule has 0 aliphatic carbocycles. The predicted octanol–water partition coefficient (Wildman–Crippen LogP) is 4.11. The SMILES string of the molecule is CC(C)(C)OC(=O)N1CCNC[C@@H]1Cc1ccccc1-c1ccccc1. The third-order valence-electron chi connectivity index (χ3n) is 4.54. The smallest absolute Gasteiger partial charge is 0.410 e. The maximum Gasteiger partial charge on any atom is 0.410 e. The predicted molar refractivity (Wildman–Crippen MR) is 105 cm³/mol. The number of nitrogens with zero attached hydrogens (tertiary/aromatic N) is 1. The molecule has 0 bridgehead atoms. The Morgan fingerprint density at radius 3 is 2.54 bits per heavy atom. The van der Waals surface area contributed by atoms with Gasteiger partial charge in [-0.3, -0.25) is 0 Å². The minimum absolute atomic E-state index is 0.0865. The van der Waals surface area contributed by atoms with E-state index in [0.717, 1.165) is 19.5 Å². The molecule has 0 radical (unpaired) electrons. The van der Waals surface area contributed by atoms with E-state index in [9.17, 15) is 4.79 Å². The van der Waals surface area contributed by atoms with Gasteiger partial charge in [-0.25, -0.2) is 4.79 Å². The van der Waals surface area contributed by atoms with E-state index < -0.39 is 5.60 Å². The fourth-order valence-electron chi connectivity index (χ4n) is 3.36. The Kier molecular flexibility index (Phi) is 5.62. The summed E-state index contributed by atoms with van der Waals surface area (Å²) in [6, 6.07) is 18.9. The summed E-state index contributed by atoms with van der Waals surface area (Å²) in [5.74, 6) is 0. The van der Waals surface area contributed by atoms with Crippen molar-refractivity contribution in [2.24, 2.45) is 0 Å². The molecule has 0 spiro atoms. The second-order valence-corrected chi connectivity index (χ2v) is 7.76. The van der Waals surface area contributed by atoms with Crippen molar-refractivity contribution >= 4 is 6.09 Å². The quantitative estimate of drug-likeness (QED) is 0.904. The molecule has 1 fully saturated rings. The van der Waals surface area contributed by atoms with Crippen molar-refractivity contribution in [3.63, 3.8) is 0 Å². The number of nitrogens with one attached hydrogen (secondary N) is 1. The van der Waals surface area contributed by atoms with E-state index in [-0.39, 0.29) is 12.1 Å². The van der Waals surface area contributed by atoms with Gasteiger partial charge in [-0.15, -0.1) is 0 Å². The van der Waals surface area contributed by atoms with Crippen molar-refractivity contribution in [3.05, 3.63) is 60.2 Å². The minimum Gasteiger partial charge on any atom is -0.444 e. The maximum atomic E-state index is 12.6. The van der Waals surface area contributed by atoms with E-state index in [1.807, 2.05) is 31.7 Å². The molecule has 26 heavy (non-hydrogen) atoms. The van der Waals surface area contributed by atoms with E-state index in [1.54, 1.807) is 0 Å². The van der Waals surface area contributed by atoms with Crippen LogP contribution in [0.5, 0.6) is 0 Å². The van der Waals surface area contributed by atoms with E-state index in [2.05, 4.69) is 53.8 Å². The van der Waals surface area contributed by atoms with Gasteiger partial charge in [0, 0.05) is 19.6 Å². The average Bonchev–Trinajstić information content (AvgIpc) is 2.62. The zero-order valence-electron chi connectivity index (χ0n) is 15.9. The number of carbonyl (C=O) groups is 1. The van der Waals surface area contributed by atoms with E-state index in [4.69, 9.17) is 4.74 Å². The molecule has 0 unspecified atom stereocenters. The summed E-state index contributed by atoms with van der Waals surface area (Å²) < 4.78 is 5.62. The molecule has 4 nitrogen and oxygen atoms in total. The zero-order chi connectivity index (χ0) is 18.6. The summed E-state index contributed by atoms with van der Waals surface area (Å²) in [5, 5.41) is 3.41. The summed E-state index contributed by atoms with van der Waals surface area (Å²) >= 11 is 0. The monoisotopic (exact) mass is 352 g/mol. The third kappa shape index (κ3) is 4.64. The molecule has 0 saturated carbocycles. The van der Waals surface area contributed by atoms with Crippen molar-refractivity contribution < 1.29 is 9.53 Å². The van der Waals surface area contributed by atoms with Crippen molar-refractivity contribution in [3.8, 4) is 11.1 Å². The van der Waals surface area contributed by atoms with Gasteiger partial charge in [0.2, 0.25) is 0 Å². The van der Waals surface area contributed by atoms with Crippen LogP contribution in [0.1, 0.15) is 26.3 Å². The van der Waals surface area contributed by atoms with Gasteiger partial charge < -0.3 is 15.0 Å². The number of hydrogen-bond acceptors (Lipinski definition) is 3. The Bertz CT molecular complexity index is 737. The first-order valence-electron chi connectivity index (χ1n) is 9.28. The van der Waals surface area contributed by atoms with Gasteiger partial charge in [-0.05, 0) is 43.9 Å². The average molecular weight is 352 g/mol. The number of hydrogen-bond donors (Lipinski definition) is 1. The first kappa shape index (κ1) is 18.5. The van der Waals surface area contributed by atoms with Gasteiger partial charge in [0.15, 0.2) is 0 Å². The summed E-state index contributed by atoms with van der Waals surface area (Å²) in [6.45, 7) is 7.98. The van der Waals surface area contributed by atoms with Gasteiger partial charge in [0.1, 0.15) is 5.60 Å². The Hall–Kier alpha value is -2.33. The standard InChI is InChI=1S/C22H28N2O2/c1-22(2,3)26-21(25)24-14-13-23-16-19(24)15-18-11-7-8-12-20(18)17-9-5-4-6-10-17/h4-12,19,23H,13-16H2,1-3H3/t19-/m0/s1. The summed E-state index contributed by atoms with van der Waals surface area (Å²) in [7, 11) is 0. The lowest BCUT2D eigenvalue weighted by atomic mass is 9.94. The molecule has 2 aromatic rings. The van der Waals surface area contributed by atoms with Crippen molar-refractivity contribution in [2.45, 2.75) is 38.8 Å². The highest BCUT2D eigenvalue weighted by Gasteiger charge is 2.30. The fourth-order valence-corrected chi connectivity index (χ4v) is 3.36. The molecule has 1 N–H and O–H groups in total. The van der Waals surface area contributed by atoms with E-state index in [0.29, 0.717) is 6.54 Å². The zero-order valence-corrected chi connectivity index (χ0v) is 15.9. The molecule has 138 valence electrons. The van der Waals surface area contributed by atoms with Crippen LogP contribution >= 0.6 is 0 Å². The minimum atomic E-state index is -0.478. The van der Waals surface area contributed by atoms with Crippen molar-refractivity contribution in [2.75, 3.05) is 19.6 Å². The van der Waals surface area contributed by atoms with E-state index in [1.165, 1.54) is 16.7 Å². The lowest BCUT2D eigenvalue weighted by molar-refractivity contribution is 0.0122. The van der Waals surface area contributed by atoms with Gasteiger partial charge in [0.05, 0.1) is 6.04 Å². The number of rotatable bonds is 3. The van der Waals surface area contributed by atoms with Crippen LogP contribution < -0.4 is 5.32 Å². The van der Waals surface area contributed by atoms with Gasteiger partial charge in [-0.1, -0.05) is 54.6 Å².